The van der Waals surface area contributed by atoms with E-state index >= 15 is 0 Å². The predicted octanol–water partition coefficient (Wildman–Crippen LogP) is 1.23. The van der Waals surface area contributed by atoms with Crippen molar-refractivity contribution < 1.29 is 58.3 Å². The Balaban J connectivity index is 5.66. The Morgan fingerprint density at radius 1 is 0.417 bits per heavy atom. The lowest BCUT2D eigenvalue weighted by Crippen LogP contribution is -2.56. The van der Waals surface area contributed by atoms with Gasteiger partial charge in [0.1, 0.15) is 75.9 Å². The average molecular weight is 699 g/mol. The van der Waals surface area contributed by atoms with Crippen LogP contribution < -0.4 is 0 Å². The van der Waals surface area contributed by atoms with E-state index in [1.165, 1.54) is 0 Å². The molecule has 6 N–H and O–H groups in total. The van der Waals surface area contributed by atoms with Crippen molar-refractivity contribution in [3.8, 4) is 0 Å². The molecule has 6 unspecified atom stereocenters. The van der Waals surface area contributed by atoms with E-state index < -0.39 is 42.0 Å². The molecule has 0 aliphatic rings. The van der Waals surface area contributed by atoms with Crippen molar-refractivity contribution in [1.82, 2.24) is 0 Å². The van der Waals surface area contributed by atoms with E-state index in [0.717, 1.165) is 39.3 Å². The number of aliphatic hydroxyl groups is 6. The first-order valence-electron chi connectivity index (χ1n) is 18.8. The van der Waals surface area contributed by atoms with E-state index in [9.17, 15) is 30.6 Å². The van der Waals surface area contributed by atoms with E-state index in [1.807, 2.05) is 6.92 Å². The van der Waals surface area contributed by atoms with Crippen LogP contribution in [-0.4, -0.2) is 199 Å². The minimum absolute atomic E-state index is 0.130. The molecule has 6 atom stereocenters. The first-order valence-corrected chi connectivity index (χ1v) is 18.8. The van der Waals surface area contributed by atoms with Gasteiger partial charge in [-0.3, -0.25) is 0 Å². The smallest absolute Gasteiger partial charge is 0.126 e. The maximum atomic E-state index is 11.0. The molecule has 0 bridgehead atoms. The van der Waals surface area contributed by atoms with Gasteiger partial charge in [-0.05, 0) is 68.7 Å². The Hall–Kier alpha value is -0.480. The lowest BCUT2D eigenvalue weighted by atomic mass is 9.88. The minimum atomic E-state index is -0.713. The van der Waals surface area contributed by atoms with Gasteiger partial charge in [0.15, 0.2) is 0 Å². The number of likely N-dealkylation sites (N-methyl/N-ethyl adjacent to an activating group) is 3. The summed E-state index contributed by atoms with van der Waals surface area (Å²) in [5.74, 6) is 0. The zero-order chi connectivity index (χ0) is 37.0. The molecule has 290 valence electrons. The lowest BCUT2D eigenvalue weighted by Gasteiger charge is -2.40. The highest BCUT2D eigenvalue weighted by Gasteiger charge is 2.35. The molecule has 48 heavy (non-hydrogen) atoms. The van der Waals surface area contributed by atoms with E-state index in [4.69, 9.17) is 14.2 Å². The van der Waals surface area contributed by atoms with Gasteiger partial charge < -0.3 is 58.3 Å². The van der Waals surface area contributed by atoms with Crippen LogP contribution in [0.1, 0.15) is 75.7 Å². The molecular weight excluding hydrogens is 618 g/mol. The van der Waals surface area contributed by atoms with E-state index in [2.05, 4.69) is 41.5 Å². The second-order valence-corrected chi connectivity index (χ2v) is 14.9. The second kappa shape index (κ2) is 23.9. The Bertz CT molecular complexity index is 693. The molecule has 0 fully saturated rings. The standard InChI is InChI=1S/C36H80N3O9/c1-11-36(27-46-24-33(43)21-37(12-2,13-3)18-30(8)40,28-47-25-34(44)22-38(14-4,15-5)19-31(9)41)29-48-26-35(45)23-39(16-6,17-7)20-32(10)42/h30-35,40-45H,11-29H2,1-10H3/q+3. The average Bonchev–Trinajstić information content (AvgIpc) is 3.02. The molecule has 0 saturated heterocycles. The lowest BCUT2D eigenvalue weighted by molar-refractivity contribution is -0.930. The van der Waals surface area contributed by atoms with E-state index in [0.29, 0.717) is 59.1 Å². The third kappa shape index (κ3) is 17.6. The molecule has 0 aromatic carbocycles. The summed E-state index contributed by atoms with van der Waals surface area (Å²) in [5.41, 5.74) is -0.581. The molecule has 0 aromatic rings. The maximum absolute atomic E-state index is 11.0. The summed E-state index contributed by atoms with van der Waals surface area (Å²) in [6.07, 6.45) is -2.90. The Morgan fingerprint density at radius 2 is 0.646 bits per heavy atom. The number of ether oxygens (including phenoxy) is 3. The molecule has 0 amide bonds. The molecule has 0 aliphatic heterocycles. The normalized spacial score (nSPS) is 18.2. The van der Waals surface area contributed by atoms with E-state index in [-0.39, 0.29) is 39.6 Å². The highest BCUT2D eigenvalue weighted by molar-refractivity contribution is 4.79. The molecule has 0 heterocycles. The van der Waals surface area contributed by atoms with Crippen molar-refractivity contribution in [2.75, 3.05) is 118 Å². The molecule has 12 heteroatoms. The Kier molecular flexibility index (Phi) is 23.7. The van der Waals surface area contributed by atoms with Crippen molar-refractivity contribution in [3.05, 3.63) is 0 Å². The first-order chi connectivity index (χ1) is 22.5. The third-order valence-electron chi connectivity index (χ3n) is 10.7. The number of hydrogen-bond acceptors (Lipinski definition) is 9. The SMILES string of the molecule is CCC(COCC(O)C[N+](CC)(CC)CC(C)O)(COCC(O)C[N+](CC)(CC)CC(C)O)COCC(O)C[N+](CC)(CC)CC(C)O. The number of rotatable bonds is 31. The van der Waals surface area contributed by atoms with Crippen molar-refractivity contribution in [2.24, 2.45) is 5.41 Å². The van der Waals surface area contributed by atoms with Crippen molar-refractivity contribution in [3.63, 3.8) is 0 Å². The van der Waals surface area contributed by atoms with E-state index in [1.54, 1.807) is 20.8 Å². The van der Waals surface area contributed by atoms with Crippen LogP contribution in [0.4, 0.5) is 0 Å². The third-order valence-corrected chi connectivity index (χ3v) is 10.7. The van der Waals surface area contributed by atoms with Crippen LogP contribution in [0, 0.1) is 5.41 Å². The molecule has 0 aromatic heterocycles. The van der Waals surface area contributed by atoms with Crippen LogP contribution >= 0.6 is 0 Å². The number of hydrogen-bond donors (Lipinski definition) is 6. The van der Waals surface area contributed by atoms with Gasteiger partial charge >= 0.3 is 0 Å². The maximum Gasteiger partial charge on any atom is 0.126 e. The van der Waals surface area contributed by atoms with Crippen molar-refractivity contribution in [1.29, 1.82) is 0 Å². The molecule has 12 nitrogen and oxygen atoms in total. The van der Waals surface area contributed by atoms with Gasteiger partial charge in [0.25, 0.3) is 0 Å². The highest BCUT2D eigenvalue weighted by atomic mass is 16.5. The topological polar surface area (TPSA) is 149 Å². The number of quaternary nitrogens is 3. The predicted molar refractivity (Wildman–Crippen MR) is 191 cm³/mol. The van der Waals surface area contributed by atoms with Crippen molar-refractivity contribution >= 4 is 0 Å². The van der Waals surface area contributed by atoms with Gasteiger partial charge in [-0.1, -0.05) is 6.92 Å². The Labute approximate surface area is 294 Å². The van der Waals surface area contributed by atoms with Crippen LogP contribution in [0.5, 0.6) is 0 Å². The summed E-state index contributed by atoms with van der Waals surface area (Å²) in [6.45, 7) is 28.9. The molecule has 0 spiro atoms. The van der Waals surface area contributed by atoms with Crippen LogP contribution in [-0.2, 0) is 14.2 Å². The fourth-order valence-corrected chi connectivity index (χ4v) is 7.29. The van der Waals surface area contributed by atoms with Gasteiger partial charge in [-0.25, -0.2) is 0 Å². The number of aliphatic hydroxyl groups excluding tert-OH is 6. The van der Waals surface area contributed by atoms with Crippen LogP contribution in [0.25, 0.3) is 0 Å². The van der Waals surface area contributed by atoms with Crippen LogP contribution in [0.15, 0.2) is 0 Å². The van der Waals surface area contributed by atoms with Crippen LogP contribution in [0.3, 0.4) is 0 Å². The van der Waals surface area contributed by atoms with Gasteiger partial charge in [-0.2, -0.15) is 0 Å². The van der Waals surface area contributed by atoms with Gasteiger partial charge in [0, 0.05) is 5.41 Å². The molecule has 0 aliphatic carbocycles. The van der Waals surface area contributed by atoms with Gasteiger partial charge in [0.2, 0.25) is 0 Å². The fourth-order valence-electron chi connectivity index (χ4n) is 7.29. The summed E-state index contributed by atoms with van der Waals surface area (Å²) in [4.78, 5) is 0. The molecular formula is C36H80N3O9+3. The molecule has 0 saturated carbocycles. The van der Waals surface area contributed by atoms with Crippen LogP contribution in [0.2, 0.25) is 0 Å². The minimum Gasteiger partial charge on any atom is -0.388 e. The number of nitrogens with zero attached hydrogens (tertiary/aromatic N) is 3. The molecule has 0 rings (SSSR count). The summed E-state index contributed by atoms with van der Waals surface area (Å²) in [7, 11) is 0. The quantitative estimate of drug-likeness (QED) is 0.0589. The summed E-state index contributed by atoms with van der Waals surface area (Å²) in [6, 6.07) is 0. The molecule has 0 radical (unpaired) electrons. The zero-order valence-electron chi connectivity index (χ0n) is 32.6. The largest absolute Gasteiger partial charge is 0.388 e. The first kappa shape index (κ1) is 47.5. The fraction of sp³-hybridized carbons (Fsp3) is 1.00. The summed E-state index contributed by atoms with van der Waals surface area (Å²) >= 11 is 0. The van der Waals surface area contributed by atoms with Gasteiger partial charge in [-0.15, -0.1) is 0 Å². The van der Waals surface area contributed by atoms with Gasteiger partial charge in [0.05, 0.1) is 78.9 Å². The Morgan fingerprint density at radius 3 is 0.812 bits per heavy atom. The zero-order valence-corrected chi connectivity index (χ0v) is 32.6. The van der Waals surface area contributed by atoms with Crippen molar-refractivity contribution in [2.45, 2.75) is 112 Å². The highest BCUT2D eigenvalue weighted by Crippen LogP contribution is 2.25. The second-order valence-electron chi connectivity index (χ2n) is 14.9. The monoisotopic (exact) mass is 699 g/mol. The summed E-state index contributed by atoms with van der Waals surface area (Å²) < 4.78 is 20.3. The summed E-state index contributed by atoms with van der Waals surface area (Å²) in [5, 5.41) is 63.1.